The van der Waals surface area contributed by atoms with E-state index in [1.54, 1.807) is 6.07 Å². The first-order valence-electron chi connectivity index (χ1n) is 4.13. The van der Waals surface area contributed by atoms with Gasteiger partial charge in [0.05, 0.1) is 5.56 Å². The lowest BCUT2D eigenvalue weighted by Gasteiger charge is -2.18. The lowest BCUT2D eigenvalue weighted by molar-refractivity contribution is -0.441. The predicted octanol–water partition coefficient (Wildman–Crippen LogP) is 3.36. The molecule has 0 fully saturated rings. The smallest absolute Gasteiger partial charge is 0.286 e. The summed E-state index contributed by atoms with van der Waals surface area (Å²) in [7, 11) is 0. The van der Waals surface area contributed by atoms with Gasteiger partial charge in [0.15, 0.2) is 0 Å². The molecule has 0 saturated carbocycles. The van der Waals surface area contributed by atoms with Gasteiger partial charge in [-0.25, -0.2) is 4.79 Å². The molecule has 0 spiro atoms. The van der Waals surface area contributed by atoms with Crippen LogP contribution in [0, 0.1) is 0 Å². The molecule has 0 heterocycles. The van der Waals surface area contributed by atoms with E-state index in [1.807, 2.05) is 0 Å². The van der Waals surface area contributed by atoms with Crippen molar-refractivity contribution in [3.63, 3.8) is 0 Å². The summed E-state index contributed by atoms with van der Waals surface area (Å²) in [6.45, 7) is 0. The molecule has 0 bridgehead atoms. The summed E-state index contributed by atoms with van der Waals surface area (Å²) >= 11 is 1.41. The molecule has 0 saturated heterocycles. The third kappa shape index (κ3) is 3.67. The fraction of sp³-hybridized carbons (Fsp3) is 0.222. The monoisotopic (exact) mass is 316 g/mol. The van der Waals surface area contributed by atoms with Gasteiger partial charge >= 0.3 is 16.9 Å². The zero-order chi connectivity index (χ0) is 13.1. The van der Waals surface area contributed by atoms with Crippen LogP contribution in [-0.2, 0) is 9.78 Å². The van der Waals surface area contributed by atoms with Crippen LogP contribution in [0.25, 0.3) is 0 Å². The summed E-state index contributed by atoms with van der Waals surface area (Å²) < 4.78 is 49.4. The first kappa shape index (κ1) is 13.9. The Hall–Kier alpha value is -1.15. The summed E-state index contributed by atoms with van der Waals surface area (Å²) in [5.41, 5.74) is -0.110. The van der Waals surface area contributed by atoms with Crippen molar-refractivity contribution < 1.29 is 32.1 Å². The van der Waals surface area contributed by atoms with E-state index >= 15 is 0 Å². The topological polar surface area (TPSA) is 35.5 Å². The van der Waals surface area contributed by atoms with Gasteiger partial charge in [0.25, 0.3) is 0 Å². The Balaban J connectivity index is 2.61. The fourth-order valence-electron chi connectivity index (χ4n) is 0.760. The van der Waals surface area contributed by atoms with Gasteiger partial charge < -0.3 is 0 Å². The summed E-state index contributed by atoms with van der Waals surface area (Å²) in [6.07, 6.45) is -4.96. The minimum absolute atomic E-state index is 0.110. The van der Waals surface area contributed by atoms with E-state index in [1.165, 1.54) is 40.2 Å². The van der Waals surface area contributed by atoms with Gasteiger partial charge in [-0.1, -0.05) is 18.2 Å². The number of carbonyl (C=O) groups is 1. The van der Waals surface area contributed by atoms with Crippen molar-refractivity contribution in [1.82, 2.24) is 0 Å². The fourth-order valence-corrected chi connectivity index (χ4v) is 0.826. The Morgan fingerprint density at radius 2 is 1.65 bits per heavy atom. The van der Waals surface area contributed by atoms with Crippen molar-refractivity contribution in [2.75, 3.05) is 0 Å². The Kier molecular flexibility index (Phi) is 4.10. The summed E-state index contributed by atoms with van der Waals surface area (Å²) in [4.78, 5) is 13.2. The third-order valence-electron chi connectivity index (χ3n) is 1.56. The van der Waals surface area contributed by atoms with E-state index in [9.17, 15) is 22.4 Å². The van der Waals surface area contributed by atoms with E-state index in [0.29, 0.717) is 0 Å². The molecule has 1 rings (SSSR count). The van der Waals surface area contributed by atoms with Crippen LogP contribution in [0.4, 0.5) is 17.6 Å². The van der Waals surface area contributed by atoms with Gasteiger partial charge in [0.2, 0.25) is 0 Å². The van der Waals surface area contributed by atoms with Gasteiger partial charge in [0.1, 0.15) is 0 Å². The second kappa shape index (κ2) is 5.01. The molecule has 17 heavy (non-hydrogen) atoms. The lowest BCUT2D eigenvalue weighted by atomic mass is 10.2. The zero-order valence-electron chi connectivity index (χ0n) is 8.00. The highest BCUT2D eigenvalue weighted by molar-refractivity contribution is 9.10. The van der Waals surface area contributed by atoms with Crippen molar-refractivity contribution >= 4 is 21.9 Å². The molecule has 8 heteroatoms. The molecule has 94 valence electrons. The zero-order valence-corrected chi connectivity index (χ0v) is 9.59. The van der Waals surface area contributed by atoms with Crippen LogP contribution in [0.5, 0.6) is 0 Å². The molecule has 0 amide bonds. The molecule has 3 nitrogen and oxygen atoms in total. The average molecular weight is 317 g/mol. The van der Waals surface area contributed by atoms with Crippen LogP contribution in [0.15, 0.2) is 30.3 Å². The van der Waals surface area contributed by atoms with E-state index < -0.39 is 16.9 Å². The maximum atomic E-state index is 12.5. The highest BCUT2D eigenvalue weighted by Gasteiger charge is 2.58. The number of carbonyl (C=O) groups excluding carboxylic acids is 1. The lowest BCUT2D eigenvalue weighted by Crippen LogP contribution is -2.38. The second-order valence-electron chi connectivity index (χ2n) is 2.83. The minimum Gasteiger partial charge on any atom is -0.286 e. The quantitative estimate of drug-likeness (QED) is 0.370. The Bertz CT molecular complexity index is 391. The molecule has 0 unspecified atom stereocenters. The van der Waals surface area contributed by atoms with Crippen LogP contribution in [0.3, 0.4) is 0 Å². The van der Waals surface area contributed by atoms with Crippen LogP contribution in [-0.4, -0.2) is 16.9 Å². The van der Waals surface area contributed by atoms with Crippen molar-refractivity contribution in [3.8, 4) is 0 Å². The van der Waals surface area contributed by atoms with Crippen molar-refractivity contribution in [1.29, 1.82) is 0 Å². The van der Waals surface area contributed by atoms with Gasteiger partial charge in [0, 0.05) is 15.9 Å². The number of hydrogen-bond donors (Lipinski definition) is 0. The van der Waals surface area contributed by atoms with Crippen LogP contribution < -0.4 is 0 Å². The van der Waals surface area contributed by atoms with Crippen molar-refractivity contribution in [2.24, 2.45) is 0 Å². The van der Waals surface area contributed by atoms with Crippen molar-refractivity contribution in [3.05, 3.63) is 35.9 Å². The van der Waals surface area contributed by atoms with Gasteiger partial charge in [-0.3, -0.25) is 4.89 Å². The van der Waals surface area contributed by atoms with Gasteiger partial charge in [-0.05, 0) is 12.1 Å². The van der Waals surface area contributed by atoms with Crippen LogP contribution >= 0.6 is 15.9 Å². The summed E-state index contributed by atoms with van der Waals surface area (Å²) in [5.74, 6) is -1.30. The molecule has 0 radical (unpaired) electrons. The number of halogens is 5. The summed E-state index contributed by atoms with van der Waals surface area (Å²) in [5, 5.41) is 0. The molecule has 1 aromatic rings. The summed E-state index contributed by atoms with van der Waals surface area (Å²) in [6, 6.07) is 6.94. The first-order valence-corrected chi connectivity index (χ1v) is 4.93. The van der Waals surface area contributed by atoms with Gasteiger partial charge in [-0.15, -0.1) is 4.89 Å². The van der Waals surface area contributed by atoms with E-state index in [0.717, 1.165) is 0 Å². The van der Waals surface area contributed by atoms with Gasteiger partial charge in [-0.2, -0.15) is 17.6 Å². The molecule has 0 aliphatic heterocycles. The molecule has 0 N–H and O–H groups in total. The average Bonchev–Trinajstić information content (AvgIpc) is 2.25. The van der Waals surface area contributed by atoms with Crippen LogP contribution in [0.2, 0.25) is 0 Å². The Morgan fingerprint density at radius 3 is 2.12 bits per heavy atom. The molecular weight excluding hydrogens is 312 g/mol. The standard InChI is InChI=1S/C9H5BrF4O3/c10-8(11,12)9(13,14)17-16-7(15)6-4-2-1-3-5-6/h1-5H. The molecule has 0 aromatic heterocycles. The highest BCUT2D eigenvalue weighted by atomic mass is 79.9. The maximum Gasteiger partial charge on any atom is 0.465 e. The molecule has 1 aromatic carbocycles. The highest BCUT2D eigenvalue weighted by Crippen LogP contribution is 2.40. The number of hydrogen-bond acceptors (Lipinski definition) is 3. The minimum atomic E-state index is -4.96. The predicted molar refractivity (Wildman–Crippen MR) is 51.8 cm³/mol. The SMILES string of the molecule is O=C(OOC(F)(F)C(F)(F)Br)c1ccccc1. The van der Waals surface area contributed by atoms with E-state index in [-0.39, 0.29) is 5.56 Å². The largest absolute Gasteiger partial charge is 0.465 e. The molecule has 0 aliphatic rings. The third-order valence-corrected chi connectivity index (χ3v) is 2.02. The number of rotatable bonds is 4. The molecule has 0 aliphatic carbocycles. The van der Waals surface area contributed by atoms with E-state index in [2.05, 4.69) is 9.78 Å². The van der Waals surface area contributed by atoms with E-state index in [4.69, 9.17) is 0 Å². The number of benzene rings is 1. The maximum absolute atomic E-state index is 12.5. The van der Waals surface area contributed by atoms with Crippen molar-refractivity contribution in [2.45, 2.75) is 10.9 Å². The van der Waals surface area contributed by atoms with Crippen LogP contribution in [0.1, 0.15) is 10.4 Å². The molecule has 0 atom stereocenters. The Morgan fingerprint density at radius 1 is 1.12 bits per heavy atom. The molecular formula is C9H5BrF4O3. The normalized spacial score (nSPS) is 12.3. The first-order chi connectivity index (χ1) is 7.74. The second-order valence-corrected chi connectivity index (χ2v) is 3.83. The Labute approximate surface area is 101 Å². The number of alkyl halides is 5.